The van der Waals surface area contributed by atoms with Crippen molar-refractivity contribution < 1.29 is 0 Å². The molecule has 1 aliphatic rings. The van der Waals surface area contributed by atoms with E-state index in [1.54, 1.807) is 0 Å². The lowest BCUT2D eigenvalue weighted by Crippen LogP contribution is -2.45. The van der Waals surface area contributed by atoms with Gasteiger partial charge in [0.05, 0.1) is 10.7 Å². The number of hydrogen-bond acceptors (Lipinski definition) is 3. The lowest BCUT2D eigenvalue weighted by molar-refractivity contribution is 0.249. The quantitative estimate of drug-likeness (QED) is 0.877. The topological polar surface area (TPSA) is 27.3 Å². The van der Waals surface area contributed by atoms with Crippen LogP contribution in [0.2, 0.25) is 5.02 Å². The molecule has 100 valence electrons. The largest absolute Gasteiger partial charge is 0.382 e. The van der Waals surface area contributed by atoms with Crippen LogP contribution >= 0.6 is 11.6 Å². The van der Waals surface area contributed by atoms with Gasteiger partial charge in [-0.25, -0.2) is 0 Å². The number of piperazine rings is 1. The van der Waals surface area contributed by atoms with E-state index in [4.69, 9.17) is 11.6 Å². The second kappa shape index (κ2) is 6.41. The second-order valence-corrected chi connectivity index (χ2v) is 5.36. The molecule has 0 aromatic heterocycles. The summed E-state index contributed by atoms with van der Waals surface area (Å²) in [6, 6.07) is 4.18. The molecule has 1 aromatic rings. The Morgan fingerprint density at radius 1 is 1.28 bits per heavy atom. The third-order valence-corrected chi connectivity index (χ3v) is 3.67. The van der Waals surface area contributed by atoms with E-state index >= 15 is 0 Å². The van der Waals surface area contributed by atoms with Gasteiger partial charge in [-0.1, -0.05) is 17.7 Å². The molecular formula is C14H22ClN3. The van der Waals surface area contributed by atoms with Gasteiger partial charge < -0.3 is 10.6 Å². The molecule has 1 aromatic carbocycles. The highest BCUT2D eigenvalue weighted by Gasteiger charge is 2.09. The summed E-state index contributed by atoms with van der Waals surface area (Å²) in [6.07, 6.45) is 0. The molecule has 1 aliphatic heterocycles. The van der Waals surface area contributed by atoms with Crippen molar-refractivity contribution >= 4 is 17.3 Å². The molecule has 1 fully saturated rings. The van der Waals surface area contributed by atoms with Crippen molar-refractivity contribution in [3.8, 4) is 0 Å². The van der Waals surface area contributed by atoms with Crippen molar-refractivity contribution in [1.82, 2.24) is 10.2 Å². The van der Waals surface area contributed by atoms with Crippen molar-refractivity contribution in [2.24, 2.45) is 0 Å². The molecule has 0 radical (unpaired) electrons. The van der Waals surface area contributed by atoms with E-state index in [0.29, 0.717) is 0 Å². The Kier molecular flexibility index (Phi) is 4.87. The Hall–Kier alpha value is -0.770. The third-order valence-electron chi connectivity index (χ3n) is 3.37. The first-order valence-electron chi connectivity index (χ1n) is 6.60. The summed E-state index contributed by atoms with van der Waals surface area (Å²) in [5.41, 5.74) is 3.52. The van der Waals surface area contributed by atoms with Crippen molar-refractivity contribution in [3.05, 3.63) is 28.3 Å². The molecule has 0 saturated carbocycles. The monoisotopic (exact) mass is 267 g/mol. The zero-order valence-corrected chi connectivity index (χ0v) is 12.0. The summed E-state index contributed by atoms with van der Waals surface area (Å²) in [4.78, 5) is 2.47. The first-order chi connectivity index (χ1) is 8.66. The molecule has 0 bridgehead atoms. The molecule has 1 saturated heterocycles. The van der Waals surface area contributed by atoms with E-state index in [2.05, 4.69) is 35.4 Å². The third kappa shape index (κ3) is 3.61. The highest BCUT2D eigenvalue weighted by molar-refractivity contribution is 6.33. The molecule has 18 heavy (non-hydrogen) atoms. The summed E-state index contributed by atoms with van der Waals surface area (Å²) < 4.78 is 0. The summed E-state index contributed by atoms with van der Waals surface area (Å²) in [5, 5.41) is 7.65. The SMILES string of the molecule is Cc1cc(C)c(NCCN2CCNCC2)c(Cl)c1. The van der Waals surface area contributed by atoms with Gasteiger partial charge in [-0.05, 0) is 31.0 Å². The number of nitrogens with zero attached hydrogens (tertiary/aromatic N) is 1. The van der Waals surface area contributed by atoms with Gasteiger partial charge in [-0.3, -0.25) is 4.90 Å². The first-order valence-corrected chi connectivity index (χ1v) is 6.98. The lowest BCUT2D eigenvalue weighted by Gasteiger charge is -2.27. The van der Waals surface area contributed by atoms with Crippen LogP contribution in [0.15, 0.2) is 12.1 Å². The smallest absolute Gasteiger partial charge is 0.0642 e. The number of benzene rings is 1. The van der Waals surface area contributed by atoms with E-state index in [1.807, 2.05) is 6.07 Å². The molecule has 0 atom stereocenters. The van der Waals surface area contributed by atoms with Gasteiger partial charge in [0.2, 0.25) is 0 Å². The van der Waals surface area contributed by atoms with Gasteiger partial charge in [-0.15, -0.1) is 0 Å². The minimum Gasteiger partial charge on any atom is -0.382 e. The van der Waals surface area contributed by atoms with Crippen molar-refractivity contribution in [2.75, 3.05) is 44.6 Å². The Labute approximate surface area is 115 Å². The second-order valence-electron chi connectivity index (χ2n) is 4.96. The highest BCUT2D eigenvalue weighted by Crippen LogP contribution is 2.26. The summed E-state index contributed by atoms with van der Waals surface area (Å²) >= 11 is 6.27. The van der Waals surface area contributed by atoms with Crippen LogP contribution in [0.3, 0.4) is 0 Å². The number of hydrogen-bond donors (Lipinski definition) is 2. The fraction of sp³-hybridized carbons (Fsp3) is 0.571. The van der Waals surface area contributed by atoms with Gasteiger partial charge in [0.25, 0.3) is 0 Å². The van der Waals surface area contributed by atoms with Gasteiger partial charge >= 0.3 is 0 Å². The molecule has 2 N–H and O–H groups in total. The van der Waals surface area contributed by atoms with Crippen LogP contribution in [0.25, 0.3) is 0 Å². The number of halogens is 1. The van der Waals surface area contributed by atoms with E-state index < -0.39 is 0 Å². The molecule has 1 heterocycles. The Bertz CT molecular complexity index is 377. The van der Waals surface area contributed by atoms with Crippen LogP contribution in [0.5, 0.6) is 0 Å². The van der Waals surface area contributed by atoms with Crippen LogP contribution in [0, 0.1) is 13.8 Å². The number of anilines is 1. The van der Waals surface area contributed by atoms with Crippen LogP contribution in [-0.4, -0.2) is 44.2 Å². The predicted molar refractivity (Wildman–Crippen MR) is 78.7 cm³/mol. The fourth-order valence-electron chi connectivity index (χ4n) is 2.41. The summed E-state index contributed by atoms with van der Waals surface area (Å²) in [6.45, 7) is 10.7. The number of aryl methyl sites for hydroxylation is 2. The van der Waals surface area contributed by atoms with E-state index in [0.717, 1.165) is 50.0 Å². The van der Waals surface area contributed by atoms with E-state index in [-0.39, 0.29) is 0 Å². The van der Waals surface area contributed by atoms with Crippen LogP contribution in [0.4, 0.5) is 5.69 Å². The van der Waals surface area contributed by atoms with Gasteiger partial charge in [0.15, 0.2) is 0 Å². The average molecular weight is 268 g/mol. The molecule has 0 amide bonds. The van der Waals surface area contributed by atoms with Crippen molar-refractivity contribution in [2.45, 2.75) is 13.8 Å². The first kappa shape index (κ1) is 13.7. The maximum atomic E-state index is 6.27. The molecular weight excluding hydrogens is 246 g/mol. The van der Waals surface area contributed by atoms with E-state index in [1.165, 1.54) is 11.1 Å². The average Bonchev–Trinajstić information content (AvgIpc) is 2.34. The zero-order chi connectivity index (χ0) is 13.0. The van der Waals surface area contributed by atoms with E-state index in [9.17, 15) is 0 Å². The molecule has 0 spiro atoms. The predicted octanol–water partition coefficient (Wildman–Crippen LogP) is 2.27. The lowest BCUT2D eigenvalue weighted by atomic mass is 10.1. The normalized spacial score (nSPS) is 16.8. The van der Waals surface area contributed by atoms with Gasteiger partial charge in [0, 0.05) is 39.3 Å². The molecule has 2 rings (SSSR count). The maximum absolute atomic E-state index is 6.27. The number of rotatable bonds is 4. The minimum atomic E-state index is 0.827. The molecule has 0 aliphatic carbocycles. The van der Waals surface area contributed by atoms with Crippen LogP contribution in [0.1, 0.15) is 11.1 Å². The fourth-order valence-corrected chi connectivity index (χ4v) is 2.80. The molecule has 0 unspecified atom stereocenters. The Morgan fingerprint density at radius 3 is 2.67 bits per heavy atom. The van der Waals surface area contributed by atoms with Crippen molar-refractivity contribution in [1.29, 1.82) is 0 Å². The van der Waals surface area contributed by atoms with Gasteiger partial charge in [0.1, 0.15) is 0 Å². The highest BCUT2D eigenvalue weighted by atomic mass is 35.5. The zero-order valence-electron chi connectivity index (χ0n) is 11.2. The van der Waals surface area contributed by atoms with Crippen LogP contribution < -0.4 is 10.6 Å². The summed E-state index contributed by atoms with van der Waals surface area (Å²) in [7, 11) is 0. The molecule has 4 heteroatoms. The number of nitrogens with one attached hydrogen (secondary N) is 2. The minimum absolute atomic E-state index is 0.827. The molecule has 3 nitrogen and oxygen atoms in total. The Morgan fingerprint density at radius 2 is 2.00 bits per heavy atom. The standard InChI is InChI=1S/C14H22ClN3/c1-11-9-12(2)14(13(15)10-11)17-5-8-18-6-3-16-4-7-18/h9-10,16-17H,3-8H2,1-2H3. The Balaban J connectivity index is 1.86. The van der Waals surface area contributed by atoms with Crippen molar-refractivity contribution in [3.63, 3.8) is 0 Å². The van der Waals surface area contributed by atoms with Gasteiger partial charge in [-0.2, -0.15) is 0 Å². The maximum Gasteiger partial charge on any atom is 0.0642 e. The van der Waals surface area contributed by atoms with Crippen LogP contribution in [-0.2, 0) is 0 Å². The summed E-state index contributed by atoms with van der Waals surface area (Å²) in [5.74, 6) is 0.